The van der Waals surface area contributed by atoms with E-state index >= 15 is 0 Å². The number of nitrogens with one attached hydrogen (secondary N) is 1. The Morgan fingerprint density at radius 2 is 1.78 bits per heavy atom. The summed E-state index contributed by atoms with van der Waals surface area (Å²) in [5, 5.41) is 20.7. The van der Waals surface area contributed by atoms with E-state index in [1.54, 1.807) is 30.3 Å². The SMILES string of the molecule is O=C(NCc1cccc(O)c1)c1ccc(Cn2nnc3ccccc32)cc1. The summed E-state index contributed by atoms with van der Waals surface area (Å²) in [6.07, 6.45) is 0. The van der Waals surface area contributed by atoms with Crippen molar-refractivity contribution in [2.75, 3.05) is 0 Å². The van der Waals surface area contributed by atoms with Crippen LogP contribution in [0.15, 0.2) is 72.8 Å². The number of aromatic hydroxyl groups is 1. The Labute approximate surface area is 156 Å². The molecule has 0 aliphatic carbocycles. The van der Waals surface area contributed by atoms with Crippen LogP contribution >= 0.6 is 0 Å². The van der Waals surface area contributed by atoms with Gasteiger partial charge in [0.05, 0.1) is 12.1 Å². The number of carbonyl (C=O) groups excluding carboxylic acids is 1. The third-order valence-corrected chi connectivity index (χ3v) is 4.33. The Hall–Kier alpha value is -3.67. The Bertz CT molecular complexity index is 1090. The molecule has 6 nitrogen and oxygen atoms in total. The van der Waals surface area contributed by atoms with Gasteiger partial charge in [0.25, 0.3) is 5.91 Å². The van der Waals surface area contributed by atoms with E-state index in [-0.39, 0.29) is 11.7 Å². The van der Waals surface area contributed by atoms with Crippen LogP contribution in [0.1, 0.15) is 21.5 Å². The largest absolute Gasteiger partial charge is 0.508 e. The predicted molar refractivity (Wildman–Crippen MR) is 102 cm³/mol. The molecule has 3 aromatic carbocycles. The van der Waals surface area contributed by atoms with Crippen LogP contribution in [-0.4, -0.2) is 26.0 Å². The molecule has 0 unspecified atom stereocenters. The van der Waals surface area contributed by atoms with Gasteiger partial charge in [-0.25, -0.2) is 4.68 Å². The molecule has 134 valence electrons. The van der Waals surface area contributed by atoms with Gasteiger partial charge in [-0.05, 0) is 47.5 Å². The van der Waals surface area contributed by atoms with E-state index < -0.39 is 0 Å². The summed E-state index contributed by atoms with van der Waals surface area (Å²) in [6.45, 7) is 0.950. The maximum Gasteiger partial charge on any atom is 0.251 e. The number of hydrogen-bond acceptors (Lipinski definition) is 4. The third kappa shape index (κ3) is 3.79. The fraction of sp³-hybridized carbons (Fsp3) is 0.0952. The van der Waals surface area contributed by atoms with E-state index in [4.69, 9.17) is 0 Å². The Morgan fingerprint density at radius 3 is 2.59 bits per heavy atom. The van der Waals surface area contributed by atoms with Crippen LogP contribution in [0.4, 0.5) is 0 Å². The van der Waals surface area contributed by atoms with Crippen molar-refractivity contribution in [2.24, 2.45) is 0 Å². The number of nitrogens with zero attached hydrogens (tertiary/aromatic N) is 3. The second-order valence-electron chi connectivity index (χ2n) is 6.29. The van der Waals surface area contributed by atoms with Crippen molar-refractivity contribution in [3.05, 3.63) is 89.5 Å². The fourth-order valence-corrected chi connectivity index (χ4v) is 2.92. The van der Waals surface area contributed by atoms with E-state index in [0.29, 0.717) is 18.7 Å². The lowest BCUT2D eigenvalue weighted by Gasteiger charge is -2.07. The molecule has 0 radical (unpaired) electrons. The van der Waals surface area contributed by atoms with Crippen molar-refractivity contribution in [3.63, 3.8) is 0 Å². The van der Waals surface area contributed by atoms with E-state index in [0.717, 1.165) is 22.2 Å². The average Bonchev–Trinajstić information content (AvgIpc) is 3.10. The molecule has 0 aliphatic heterocycles. The zero-order valence-electron chi connectivity index (χ0n) is 14.5. The highest BCUT2D eigenvalue weighted by molar-refractivity contribution is 5.94. The monoisotopic (exact) mass is 358 g/mol. The molecule has 0 aliphatic rings. The Balaban J connectivity index is 1.41. The van der Waals surface area contributed by atoms with Crippen LogP contribution < -0.4 is 5.32 Å². The third-order valence-electron chi connectivity index (χ3n) is 4.33. The molecular weight excluding hydrogens is 340 g/mol. The highest BCUT2D eigenvalue weighted by atomic mass is 16.3. The van der Waals surface area contributed by atoms with E-state index in [2.05, 4.69) is 15.6 Å². The van der Waals surface area contributed by atoms with Gasteiger partial charge in [-0.3, -0.25) is 4.79 Å². The highest BCUT2D eigenvalue weighted by Gasteiger charge is 2.07. The van der Waals surface area contributed by atoms with Gasteiger partial charge < -0.3 is 10.4 Å². The topological polar surface area (TPSA) is 80.0 Å². The van der Waals surface area contributed by atoms with Crippen LogP contribution in [0.3, 0.4) is 0 Å². The van der Waals surface area contributed by atoms with Gasteiger partial charge in [0.1, 0.15) is 11.3 Å². The van der Waals surface area contributed by atoms with Gasteiger partial charge in [0, 0.05) is 12.1 Å². The summed E-state index contributed by atoms with van der Waals surface area (Å²) in [5.41, 5.74) is 4.31. The lowest BCUT2D eigenvalue weighted by Crippen LogP contribution is -2.22. The molecule has 1 aromatic heterocycles. The maximum atomic E-state index is 12.3. The quantitative estimate of drug-likeness (QED) is 0.574. The fourth-order valence-electron chi connectivity index (χ4n) is 2.92. The first-order valence-corrected chi connectivity index (χ1v) is 8.62. The number of phenols is 1. The molecule has 27 heavy (non-hydrogen) atoms. The molecule has 1 heterocycles. The summed E-state index contributed by atoms with van der Waals surface area (Å²) in [6, 6.07) is 22.1. The van der Waals surface area contributed by atoms with Crippen LogP contribution in [0.2, 0.25) is 0 Å². The predicted octanol–water partition coefficient (Wildman–Crippen LogP) is 3.12. The summed E-state index contributed by atoms with van der Waals surface area (Å²) < 4.78 is 1.84. The van der Waals surface area contributed by atoms with E-state index in [1.165, 1.54) is 0 Å². The van der Waals surface area contributed by atoms with Gasteiger partial charge in [0.15, 0.2) is 0 Å². The smallest absolute Gasteiger partial charge is 0.251 e. The van der Waals surface area contributed by atoms with Crippen LogP contribution in [-0.2, 0) is 13.1 Å². The zero-order chi connectivity index (χ0) is 18.6. The van der Waals surface area contributed by atoms with Crippen molar-refractivity contribution in [1.82, 2.24) is 20.3 Å². The normalized spacial score (nSPS) is 10.8. The number of fused-ring (bicyclic) bond motifs is 1. The molecule has 0 atom stereocenters. The number of amides is 1. The van der Waals surface area contributed by atoms with Gasteiger partial charge in [-0.15, -0.1) is 5.10 Å². The minimum Gasteiger partial charge on any atom is -0.508 e. The zero-order valence-corrected chi connectivity index (χ0v) is 14.5. The van der Waals surface area contributed by atoms with Crippen LogP contribution in [0.25, 0.3) is 11.0 Å². The number of carbonyl (C=O) groups is 1. The number of rotatable bonds is 5. The lowest BCUT2D eigenvalue weighted by atomic mass is 10.1. The van der Waals surface area contributed by atoms with Gasteiger partial charge in [-0.2, -0.15) is 0 Å². The van der Waals surface area contributed by atoms with Crippen LogP contribution in [0, 0.1) is 0 Å². The molecule has 0 saturated carbocycles. The van der Waals surface area contributed by atoms with Crippen molar-refractivity contribution in [1.29, 1.82) is 0 Å². The van der Waals surface area contributed by atoms with Crippen molar-refractivity contribution in [3.8, 4) is 5.75 Å². The first-order valence-electron chi connectivity index (χ1n) is 8.62. The second-order valence-corrected chi connectivity index (χ2v) is 6.29. The lowest BCUT2D eigenvalue weighted by molar-refractivity contribution is 0.0951. The van der Waals surface area contributed by atoms with E-state index in [9.17, 15) is 9.90 Å². The van der Waals surface area contributed by atoms with E-state index in [1.807, 2.05) is 47.1 Å². The van der Waals surface area contributed by atoms with Gasteiger partial charge in [-0.1, -0.05) is 41.6 Å². The standard InChI is InChI=1S/C21H18N4O2/c26-18-5-3-4-16(12-18)13-22-21(27)17-10-8-15(9-11-17)14-25-20-7-2-1-6-19(20)23-24-25/h1-12,26H,13-14H2,(H,22,27). The summed E-state index contributed by atoms with van der Waals surface area (Å²) >= 11 is 0. The van der Waals surface area contributed by atoms with Crippen molar-refractivity contribution >= 4 is 16.9 Å². The molecule has 0 fully saturated rings. The summed E-state index contributed by atoms with van der Waals surface area (Å²) in [5.74, 6) is 0.0304. The summed E-state index contributed by atoms with van der Waals surface area (Å²) in [4.78, 5) is 12.3. The highest BCUT2D eigenvalue weighted by Crippen LogP contribution is 2.13. The first-order chi connectivity index (χ1) is 13.2. The second kappa shape index (κ2) is 7.29. The minimum atomic E-state index is -0.156. The number of benzene rings is 3. The molecule has 4 aromatic rings. The molecule has 6 heteroatoms. The average molecular weight is 358 g/mol. The maximum absolute atomic E-state index is 12.3. The molecule has 2 N–H and O–H groups in total. The number of hydrogen-bond donors (Lipinski definition) is 2. The molecular formula is C21H18N4O2. The number of aromatic nitrogens is 3. The molecule has 0 spiro atoms. The molecule has 4 rings (SSSR count). The van der Waals surface area contributed by atoms with Gasteiger partial charge in [0.2, 0.25) is 0 Å². The number of phenolic OH excluding ortho intramolecular Hbond substituents is 1. The van der Waals surface area contributed by atoms with Crippen molar-refractivity contribution < 1.29 is 9.90 Å². The first kappa shape index (κ1) is 16.8. The molecule has 1 amide bonds. The summed E-state index contributed by atoms with van der Waals surface area (Å²) in [7, 11) is 0. The molecule has 0 bridgehead atoms. The van der Waals surface area contributed by atoms with Crippen molar-refractivity contribution in [2.45, 2.75) is 13.1 Å². The van der Waals surface area contributed by atoms with Gasteiger partial charge >= 0.3 is 0 Å². The molecule has 0 saturated heterocycles. The minimum absolute atomic E-state index is 0.156. The number of para-hydroxylation sites is 1. The van der Waals surface area contributed by atoms with Crippen LogP contribution in [0.5, 0.6) is 5.75 Å². The Kier molecular flexibility index (Phi) is 4.53. The Morgan fingerprint density at radius 1 is 0.963 bits per heavy atom.